The van der Waals surface area contributed by atoms with Gasteiger partial charge in [0.2, 0.25) is 11.8 Å². The molecule has 2 unspecified atom stereocenters. The first-order valence-corrected chi connectivity index (χ1v) is 8.28. The number of hydrogen-bond acceptors (Lipinski definition) is 4. The van der Waals surface area contributed by atoms with Gasteiger partial charge in [0.15, 0.2) is 0 Å². The van der Waals surface area contributed by atoms with E-state index in [-0.39, 0.29) is 17.9 Å². The van der Waals surface area contributed by atoms with Crippen LogP contribution in [0.2, 0.25) is 0 Å². The lowest BCUT2D eigenvalue weighted by Crippen LogP contribution is -2.54. The number of fused-ring (bicyclic) bond motifs is 1. The van der Waals surface area contributed by atoms with Crippen molar-refractivity contribution in [2.45, 2.75) is 31.3 Å². The Hall–Kier alpha value is -0.750. The van der Waals surface area contributed by atoms with Gasteiger partial charge in [-0.25, -0.2) is 0 Å². The second-order valence-corrected chi connectivity index (χ2v) is 6.70. The Morgan fingerprint density at radius 3 is 3.11 bits per heavy atom. The average Bonchev–Trinajstić information content (AvgIpc) is 2.81. The van der Waals surface area contributed by atoms with Crippen molar-refractivity contribution in [1.29, 1.82) is 0 Å². The van der Waals surface area contributed by atoms with E-state index < -0.39 is 0 Å². The first-order chi connectivity index (χ1) is 9.24. The number of carbonyl (C=O) groups is 2. The lowest BCUT2D eigenvalue weighted by atomic mass is 10.1. The van der Waals surface area contributed by atoms with Crippen LogP contribution in [-0.4, -0.2) is 71.4 Å². The summed E-state index contributed by atoms with van der Waals surface area (Å²) in [7, 11) is 0. The zero-order valence-corrected chi connectivity index (χ0v) is 12.0. The van der Waals surface area contributed by atoms with E-state index in [0.29, 0.717) is 25.4 Å². The predicted octanol–water partition coefficient (Wildman–Crippen LogP) is -0.0853. The molecule has 3 heterocycles. The molecule has 0 aromatic heterocycles. The Morgan fingerprint density at radius 1 is 1.42 bits per heavy atom. The summed E-state index contributed by atoms with van der Waals surface area (Å²) in [6.07, 6.45) is 2.18. The molecule has 0 aliphatic carbocycles. The summed E-state index contributed by atoms with van der Waals surface area (Å²) in [6, 6.07) is 0.605. The number of piperazine rings is 1. The van der Waals surface area contributed by atoms with Crippen LogP contribution in [0.1, 0.15) is 19.3 Å². The average molecular weight is 283 g/mol. The number of nitrogens with one attached hydrogen (secondary N) is 1. The van der Waals surface area contributed by atoms with Gasteiger partial charge in [0.1, 0.15) is 0 Å². The second-order valence-electron chi connectivity index (χ2n) is 5.55. The first-order valence-electron chi connectivity index (χ1n) is 7.12. The highest BCUT2D eigenvalue weighted by molar-refractivity contribution is 7.99. The van der Waals surface area contributed by atoms with Crippen LogP contribution in [0.15, 0.2) is 0 Å². The number of carbonyl (C=O) groups excluding carboxylic acids is 2. The van der Waals surface area contributed by atoms with Crippen molar-refractivity contribution in [1.82, 2.24) is 15.1 Å². The zero-order chi connectivity index (χ0) is 13.2. The molecule has 3 aliphatic rings. The minimum Gasteiger partial charge on any atom is -0.339 e. The maximum atomic E-state index is 12.3. The van der Waals surface area contributed by atoms with Crippen LogP contribution in [0.3, 0.4) is 0 Å². The molecule has 0 aromatic rings. The third-order valence-electron chi connectivity index (χ3n) is 4.27. The van der Waals surface area contributed by atoms with Crippen molar-refractivity contribution in [3.63, 3.8) is 0 Å². The minimum atomic E-state index is 0.249. The van der Waals surface area contributed by atoms with Crippen LogP contribution >= 0.6 is 11.8 Å². The summed E-state index contributed by atoms with van der Waals surface area (Å²) < 4.78 is 0. The molecule has 6 heteroatoms. The maximum Gasteiger partial charge on any atom is 0.224 e. The van der Waals surface area contributed by atoms with Crippen LogP contribution < -0.4 is 5.32 Å². The Bertz CT molecular complexity index is 371. The van der Waals surface area contributed by atoms with Gasteiger partial charge in [-0.05, 0) is 6.42 Å². The van der Waals surface area contributed by atoms with Crippen molar-refractivity contribution < 1.29 is 9.59 Å². The third kappa shape index (κ3) is 2.89. The summed E-state index contributed by atoms with van der Waals surface area (Å²) in [4.78, 5) is 27.8. The number of nitrogens with zero attached hydrogens (tertiary/aromatic N) is 2. The molecule has 3 fully saturated rings. The fourth-order valence-corrected chi connectivity index (χ4v) is 4.13. The SMILES string of the molecule is O=C(CC1CSCCN1)N1CCN2C(=O)CCC2C1. The van der Waals surface area contributed by atoms with Gasteiger partial charge in [-0.2, -0.15) is 11.8 Å². The molecule has 0 radical (unpaired) electrons. The van der Waals surface area contributed by atoms with Gasteiger partial charge in [0.05, 0.1) is 0 Å². The van der Waals surface area contributed by atoms with E-state index in [1.165, 1.54) is 0 Å². The predicted molar refractivity (Wildman–Crippen MR) is 75.0 cm³/mol. The summed E-state index contributed by atoms with van der Waals surface area (Å²) in [6.45, 7) is 3.18. The van der Waals surface area contributed by atoms with E-state index in [1.807, 2.05) is 21.6 Å². The normalized spacial score (nSPS) is 31.5. The van der Waals surface area contributed by atoms with E-state index in [4.69, 9.17) is 0 Å². The Kier molecular flexibility index (Phi) is 3.98. The van der Waals surface area contributed by atoms with Gasteiger partial charge in [-0.15, -0.1) is 0 Å². The zero-order valence-electron chi connectivity index (χ0n) is 11.1. The number of amides is 2. The molecule has 0 saturated carbocycles. The van der Waals surface area contributed by atoms with E-state index in [0.717, 1.165) is 37.6 Å². The number of rotatable bonds is 2. The topological polar surface area (TPSA) is 52.7 Å². The molecule has 2 atom stereocenters. The summed E-state index contributed by atoms with van der Waals surface area (Å²) in [5.41, 5.74) is 0. The number of thioether (sulfide) groups is 1. The van der Waals surface area contributed by atoms with E-state index in [2.05, 4.69) is 5.32 Å². The lowest BCUT2D eigenvalue weighted by molar-refractivity contribution is -0.139. The Balaban J connectivity index is 1.52. The van der Waals surface area contributed by atoms with Gasteiger partial charge >= 0.3 is 0 Å². The van der Waals surface area contributed by atoms with Crippen molar-refractivity contribution in [2.75, 3.05) is 37.7 Å². The quantitative estimate of drug-likeness (QED) is 0.770. The molecular weight excluding hydrogens is 262 g/mol. The van der Waals surface area contributed by atoms with Gasteiger partial charge in [0.25, 0.3) is 0 Å². The molecule has 5 nitrogen and oxygen atoms in total. The van der Waals surface area contributed by atoms with E-state index in [1.54, 1.807) is 0 Å². The molecule has 0 aromatic carbocycles. The largest absolute Gasteiger partial charge is 0.339 e. The van der Waals surface area contributed by atoms with Crippen LogP contribution in [0.25, 0.3) is 0 Å². The molecule has 1 N–H and O–H groups in total. The molecule has 2 amide bonds. The van der Waals surface area contributed by atoms with Crippen LogP contribution in [0.4, 0.5) is 0 Å². The molecular formula is C13H21N3O2S. The third-order valence-corrected chi connectivity index (χ3v) is 5.40. The molecule has 0 bridgehead atoms. The Morgan fingerprint density at radius 2 is 2.32 bits per heavy atom. The van der Waals surface area contributed by atoms with Gasteiger partial charge in [-0.3, -0.25) is 9.59 Å². The molecule has 106 valence electrons. The van der Waals surface area contributed by atoms with Gasteiger partial charge < -0.3 is 15.1 Å². The van der Waals surface area contributed by atoms with Crippen molar-refractivity contribution in [2.24, 2.45) is 0 Å². The molecule has 19 heavy (non-hydrogen) atoms. The van der Waals surface area contributed by atoms with Gasteiger partial charge in [0, 0.05) is 62.6 Å². The van der Waals surface area contributed by atoms with E-state index in [9.17, 15) is 9.59 Å². The minimum absolute atomic E-state index is 0.249. The van der Waals surface area contributed by atoms with Crippen molar-refractivity contribution >= 4 is 23.6 Å². The lowest BCUT2D eigenvalue weighted by Gasteiger charge is -2.38. The summed E-state index contributed by atoms with van der Waals surface area (Å²) in [5, 5.41) is 3.41. The van der Waals surface area contributed by atoms with Gasteiger partial charge in [-0.1, -0.05) is 0 Å². The van der Waals surface area contributed by atoms with Crippen molar-refractivity contribution in [3.8, 4) is 0 Å². The monoisotopic (exact) mass is 283 g/mol. The fraction of sp³-hybridized carbons (Fsp3) is 0.846. The maximum absolute atomic E-state index is 12.3. The Labute approximate surface area is 118 Å². The molecule has 3 rings (SSSR count). The van der Waals surface area contributed by atoms with Crippen LogP contribution in [0, 0.1) is 0 Å². The highest BCUT2D eigenvalue weighted by atomic mass is 32.2. The fourth-order valence-electron chi connectivity index (χ4n) is 3.18. The van der Waals surface area contributed by atoms with Crippen molar-refractivity contribution in [3.05, 3.63) is 0 Å². The highest BCUT2D eigenvalue weighted by Gasteiger charge is 2.37. The highest BCUT2D eigenvalue weighted by Crippen LogP contribution is 2.23. The number of hydrogen-bond donors (Lipinski definition) is 1. The summed E-state index contributed by atoms with van der Waals surface area (Å²) >= 11 is 1.92. The molecule has 3 aliphatic heterocycles. The standard InChI is InChI=1S/C13H21N3O2S/c17-12-2-1-11-8-15(4-5-16(11)12)13(18)7-10-9-19-6-3-14-10/h10-11,14H,1-9H2. The molecule has 0 spiro atoms. The van der Waals surface area contributed by atoms with Crippen LogP contribution in [0.5, 0.6) is 0 Å². The second kappa shape index (κ2) is 5.71. The molecule has 3 saturated heterocycles. The van der Waals surface area contributed by atoms with Crippen LogP contribution in [-0.2, 0) is 9.59 Å². The first kappa shape index (κ1) is 13.2. The smallest absolute Gasteiger partial charge is 0.224 e. The van der Waals surface area contributed by atoms with E-state index >= 15 is 0 Å². The summed E-state index contributed by atoms with van der Waals surface area (Å²) in [5.74, 6) is 2.70.